The van der Waals surface area contributed by atoms with Gasteiger partial charge in [0.2, 0.25) is 10.0 Å². The van der Waals surface area contributed by atoms with E-state index in [9.17, 15) is 13.2 Å². The molecule has 0 spiro atoms. The molecule has 0 atom stereocenters. The molecule has 0 radical (unpaired) electrons. The van der Waals surface area contributed by atoms with Gasteiger partial charge in [0.25, 0.3) is 5.91 Å². The molecule has 3 aromatic carbocycles. The SMILES string of the molecule is COc1ccc(C(=O)Nc2cccc(C#N)c2)cc1S(=O)(=O)NCCc1ccccc1. The number of methoxy groups -OCH3 is 1. The van der Waals surface area contributed by atoms with Gasteiger partial charge in [0.05, 0.1) is 18.7 Å². The maximum absolute atomic E-state index is 12.9. The highest BCUT2D eigenvalue weighted by atomic mass is 32.2. The minimum Gasteiger partial charge on any atom is -0.495 e. The molecule has 0 aliphatic rings. The van der Waals surface area contributed by atoms with E-state index < -0.39 is 15.9 Å². The third-order valence-electron chi connectivity index (χ3n) is 4.51. The molecule has 31 heavy (non-hydrogen) atoms. The molecular weight excluding hydrogens is 414 g/mol. The van der Waals surface area contributed by atoms with Gasteiger partial charge in [-0.1, -0.05) is 36.4 Å². The molecule has 3 aromatic rings. The molecule has 0 saturated heterocycles. The highest BCUT2D eigenvalue weighted by Gasteiger charge is 2.21. The van der Waals surface area contributed by atoms with Crippen molar-refractivity contribution in [2.45, 2.75) is 11.3 Å². The second-order valence-electron chi connectivity index (χ2n) is 6.65. The summed E-state index contributed by atoms with van der Waals surface area (Å²) >= 11 is 0. The molecule has 3 rings (SSSR count). The van der Waals surface area contributed by atoms with Crippen LogP contribution in [0.1, 0.15) is 21.5 Å². The van der Waals surface area contributed by atoms with Crippen molar-refractivity contribution in [2.24, 2.45) is 0 Å². The number of sulfonamides is 1. The van der Waals surface area contributed by atoms with Gasteiger partial charge in [-0.3, -0.25) is 4.79 Å². The van der Waals surface area contributed by atoms with Crippen LogP contribution in [0.5, 0.6) is 5.75 Å². The third kappa shape index (κ3) is 5.69. The number of hydrogen-bond acceptors (Lipinski definition) is 5. The van der Waals surface area contributed by atoms with E-state index in [-0.39, 0.29) is 22.8 Å². The second-order valence-corrected chi connectivity index (χ2v) is 8.38. The van der Waals surface area contributed by atoms with Crippen LogP contribution in [0.2, 0.25) is 0 Å². The molecule has 0 bridgehead atoms. The number of benzene rings is 3. The van der Waals surface area contributed by atoms with E-state index >= 15 is 0 Å². The number of carbonyl (C=O) groups excluding carboxylic acids is 1. The van der Waals surface area contributed by atoms with Crippen molar-refractivity contribution in [3.8, 4) is 11.8 Å². The van der Waals surface area contributed by atoms with Crippen LogP contribution in [0.25, 0.3) is 0 Å². The fourth-order valence-electron chi connectivity index (χ4n) is 2.95. The standard InChI is InChI=1S/C23H21N3O4S/c1-30-21-11-10-19(23(27)26-20-9-5-8-18(14-20)16-24)15-22(21)31(28,29)25-13-12-17-6-3-2-4-7-17/h2-11,14-15,25H,12-13H2,1H3,(H,26,27). The molecule has 0 unspecified atom stereocenters. The number of rotatable bonds is 8. The Morgan fingerprint density at radius 1 is 1.03 bits per heavy atom. The molecule has 0 saturated carbocycles. The van der Waals surface area contributed by atoms with Crippen LogP contribution in [-0.2, 0) is 16.4 Å². The lowest BCUT2D eigenvalue weighted by Gasteiger charge is -2.13. The first-order chi connectivity index (χ1) is 14.9. The van der Waals surface area contributed by atoms with Crippen molar-refractivity contribution in [1.29, 1.82) is 5.26 Å². The van der Waals surface area contributed by atoms with Gasteiger partial charge in [0.15, 0.2) is 0 Å². The number of anilines is 1. The van der Waals surface area contributed by atoms with Crippen molar-refractivity contribution in [3.05, 3.63) is 89.5 Å². The fraction of sp³-hybridized carbons (Fsp3) is 0.130. The van der Waals surface area contributed by atoms with Crippen LogP contribution >= 0.6 is 0 Å². The minimum atomic E-state index is -3.91. The zero-order chi connectivity index (χ0) is 22.3. The lowest BCUT2D eigenvalue weighted by molar-refractivity contribution is 0.102. The summed E-state index contributed by atoms with van der Waals surface area (Å²) in [5.74, 6) is -0.367. The molecule has 8 heteroatoms. The van der Waals surface area contributed by atoms with E-state index in [1.165, 1.54) is 31.4 Å². The predicted octanol–water partition coefficient (Wildman–Crippen LogP) is 3.34. The predicted molar refractivity (Wildman–Crippen MR) is 117 cm³/mol. The van der Waals surface area contributed by atoms with Crippen molar-refractivity contribution < 1.29 is 17.9 Å². The summed E-state index contributed by atoms with van der Waals surface area (Å²) in [6, 6.07) is 22.1. The van der Waals surface area contributed by atoms with E-state index in [1.54, 1.807) is 18.2 Å². The molecule has 0 heterocycles. The quantitative estimate of drug-likeness (QED) is 0.564. The van der Waals surface area contributed by atoms with Gasteiger partial charge in [-0.15, -0.1) is 0 Å². The molecular formula is C23H21N3O4S. The maximum atomic E-state index is 12.9. The molecule has 2 N–H and O–H groups in total. The van der Waals surface area contributed by atoms with Gasteiger partial charge in [-0.05, 0) is 48.4 Å². The van der Waals surface area contributed by atoms with Crippen LogP contribution in [-0.4, -0.2) is 28.0 Å². The normalized spacial score (nSPS) is 10.8. The van der Waals surface area contributed by atoms with Crippen LogP contribution in [0.15, 0.2) is 77.7 Å². The van der Waals surface area contributed by atoms with Crippen molar-refractivity contribution in [1.82, 2.24) is 4.72 Å². The number of amides is 1. The van der Waals surface area contributed by atoms with Gasteiger partial charge in [0, 0.05) is 17.8 Å². The number of carbonyl (C=O) groups is 1. The monoisotopic (exact) mass is 435 g/mol. The van der Waals surface area contributed by atoms with Gasteiger partial charge in [0.1, 0.15) is 10.6 Å². The Kier molecular flexibility index (Phi) is 7.03. The molecule has 1 amide bonds. The largest absolute Gasteiger partial charge is 0.495 e. The van der Waals surface area contributed by atoms with Crippen LogP contribution < -0.4 is 14.8 Å². The smallest absolute Gasteiger partial charge is 0.255 e. The summed E-state index contributed by atoms with van der Waals surface area (Å²) in [7, 11) is -2.54. The van der Waals surface area contributed by atoms with E-state index in [2.05, 4.69) is 10.0 Å². The van der Waals surface area contributed by atoms with E-state index in [1.807, 2.05) is 36.4 Å². The summed E-state index contributed by atoms with van der Waals surface area (Å²) in [5, 5.41) is 11.7. The van der Waals surface area contributed by atoms with Crippen molar-refractivity contribution in [3.63, 3.8) is 0 Å². The second kappa shape index (κ2) is 9.89. The molecule has 0 aliphatic heterocycles. The molecule has 158 valence electrons. The average molecular weight is 436 g/mol. The van der Waals surface area contributed by atoms with Gasteiger partial charge < -0.3 is 10.1 Å². The van der Waals surface area contributed by atoms with Gasteiger partial charge >= 0.3 is 0 Å². The fourth-order valence-corrected chi connectivity index (χ4v) is 4.17. The summed E-state index contributed by atoms with van der Waals surface area (Å²) in [6.07, 6.45) is 0.526. The highest BCUT2D eigenvalue weighted by Crippen LogP contribution is 2.25. The summed E-state index contributed by atoms with van der Waals surface area (Å²) in [4.78, 5) is 12.5. The van der Waals surface area contributed by atoms with Crippen LogP contribution in [0, 0.1) is 11.3 Å². The Labute approximate surface area is 181 Å². The van der Waals surface area contributed by atoms with E-state index in [0.29, 0.717) is 17.7 Å². The van der Waals surface area contributed by atoms with Gasteiger partial charge in [-0.2, -0.15) is 5.26 Å². The van der Waals surface area contributed by atoms with Gasteiger partial charge in [-0.25, -0.2) is 13.1 Å². The zero-order valence-electron chi connectivity index (χ0n) is 16.8. The summed E-state index contributed by atoms with van der Waals surface area (Å²) in [5.41, 5.74) is 1.99. The van der Waals surface area contributed by atoms with Crippen LogP contribution in [0.4, 0.5) is 5.69 Å². The molecule has 0 fully saturated rings. The van der Waals surface area contributed by atoms with E-state index in [4.69, 9.17) is 10.00 Å². The Morgan fingerprint density at radius 3 is 2.52 bits per heavy atom. The van der Waals surface area contributed by atoms with Crippen molar-refractivity contribution >= 4 is 21.6 Å². The lowest BCUT2D eigenvalue weighted by Crippen LogP contribution is -2.27. The van der Waals surface area contributed by atoms with Crippen molar-refractivity contribution in [2.75, 3.05) is 19.0 Å². The maximum Gasteiger partial charge on any atom is 0.255 e. The Balaban J connectivity index is 1.78. The van der Waals surface area contributed by atoms with E-state index in [0.717, 1.165) is 5.56 Å². The Hall–Kier alpha value is -3.67. The number of ether oxygens (including phenoxy) is 1. The molecule has 0 aromatic heterocycles. The third-order valence-corrected chi connectivity index (χ3v) is 6.00. The first-order valence-electron chi connectivity index (χ1n) is 9.46. The zero-order valence-corrected chi connectivity index (χ0v) is 17.6. The molecule has 0 aliphatic carbocycles. The minimum absolute atomic E-state index is 0.124. The first-order valence-corrected chi connectivity index (χ1v) is 10.9. The Bertz CT molecular complexity index is 1220. The summed E-state index contributed by atoms with van der Waals surface area (Å²) < 4.78 is 33.5. The summed E-state index contributed by atoms with van der Waals surface area (Å²) in [6.45, 7) is 0.201. The topological polar surface area (TPSA) is 108 Å². The first kappa shape index (κ1) is 22.0. The lowest BCUT2D eigenvalue weighted by atomic mass is 10.2. The molecule has 7 nitrogen and oxygen atoms in total. The average Bonchev–Trinajstić information content (AvgIpc) is 2.79. The number of nitrogens with zero attached hydrogens (tertiary/aromatic N) is 1. The number of hydrogen-bond donors (Lipinski definition) is 2. The van der Waals surface area contributed by atoms with Crippen LogP contribution in [0.3, 0.4) is 0 Å². The number of nitrogens with one attached hydrogen (secondary N) is 2. The highest BCUT2D eigenvalue weighted by molar-refractivity contribution is 7.89. The Morgan fingerprint density at radius 2 is 1.81 bits per heavy atom. The number of nitriles is 1.